The minimum absolute atomic E-state index is 0.0662. The zero-order valence-electron chi connectivity index (χ0n) is 15.5. The normalized spacial score (nSPS) is 16.9. The van der Waals surface area contributed by atoms with Crippen molar-refractivity contribution in [3.63, 3.8) is 0 Å². The second-order valence-corrected chi connectivity index (χ2v) is 6.60. The number of ether oxygens (including phenoxy) is 1. The molecule has 1 atom stereocenters. The van der Waals surface area contributed by atoms with Gasteiger partial charge in [-0.15, -0.1) is 0 Å². The number of nitrogens with one attached hydrogen (secondary N) is 3. The number of carbonyl (C=O) groups is 2. The Labute approximate surface area is 159 Å². The summed E-state index contributed by atoms with van der Waals surface area (Å²) in [6, 6.07) is 14.4. The molecule has 0 saturated carbocycles. The van der Waals surface area contributed by atoms with Gasteiger partial charge in [0.15, 0.2) is 0 Å². The maximum absolute atomic E-state index is 12.4. The topological polar surface area (TPSA) is 79.5 Å². The highest BCUT2D eigenvalue weighted by Gasteiger charge is 2.19. The first-order valence-corrected chi connectivity index (χ1v) is 9.21. The Morgan fingerprint density at radius 2 is 2.00 bits per heavy atom. The van der Waals surface area contributed by atoms with E-state index in [4.69, 9.17) is 4.74 Å². The molecule has 2 amide bonds. The van der Waals surface area contributed by atoms with Crippen LogP contribution in [0.15, 0.2) is 48.5 Å². The summed E-state index contributed by atoms with van der Waals surface area (Å²) in [5, 5.41) is 9.15. The Hall–Kier alpha value is -2.86. The van der Waals surface area contributed by atoms with Gasteiger partial charge in [-0.25, -0.2) is 0 Å². The molecular formula is C21H25N3O3. The summed E-state index contributed by atoms with van der Waals surface area (Å²) < 4.78 is 5.11. The van der Waals surface area contributed by atoms with Crippen LogP contribution in [0, 0.1) is 0 Å². The summed E-state index contributed by atoms with van der Waals surface area (Å²) >= 11 is 0. The van der Waals surface area contributed by atoms with E-state index in [1.807, 2.05) is 24.3 Å². The minimum atomic E-state index is -0.175. The van der Waals surface area contributed by atoms with E-state index in [0.717, 1.165) is 37.1 Å². The molecule has 0 radical (unpaired) electrons. The van der Waals surface area contributed by atoms with Crippen molar-refractivity contribution in [1.82, 2.24) is 10.6 Å². The Morgan fingerprint density at radius 1 is 1.19 bits per heavy atom. The maximum atomic E-state index is 12.4. The van der Waals surface area contributed by atoms with Gasteiger partial charge in [0.05, 0.1) is 13.2 Å². The highest BCUT2D eigenvalue weighted by molar-refractivity contribution is 6.04. The molecule has 1 aliphatic rings. The molecule has 0 aromatic heterocycles. The van der Waals surface area contributed by atoms with Crippen molar-refractivity contribution in [3.05, 3.63) is 59.7 Å². The first-order chi connectivity index (χ1) is 13.2. The van der Waals surface area contributed by atoms with Crippen LogP contribution in [0.3, 0.4) is 0 Å². The van der Waals surface area contributed by atoms with Gasteiger partial charge in [0.25, 0.3) is 5.91 Å². The monoisotopic (exact) mass is 367 g/mol. The fourth-order valence-electron chi connectivity index (χ4n) is 3.08. The van der Waals surface area contributed by atoms with E-state index >= 15 is 0 Å². The summed E-state index contributed by atoms with van der Waals surface area (Å²) in [6.45, 7) is 1.33. The Morgan fingerprint density at radius 3 is 2.78 bits per heavy atom. The van der Waals surface area contributed by atoms with E-state index in [-0.39, 0.29) is 17.9 Å². The van der Waals surface area contributed by atoms with Crippen molar-refractivity contribution in [2.75, 3.05) is 19.0 Å². The second kappa shape index (κ2) is 9.19. The third-order valence-corrected chi connectivity index (χ3v) is 4.62. The van der Waals surface area contributed by atoms with Crippen LogP contribution in [0.5, 0.6) is 5.75 Å². The molecule has 1 heterocycles. The number of anilines is 1. The number of benzene rings is 2. The molecule has 2 aromatic rings. The van der Waals surface area contributed by atoms with Crippen molar-refractivity contribution in [1.29, 1.82) is 0 Å². The van der Waals surface area contributed by atoms with E-state index in [2.05, 4.69) is 16.0 Å². The number of carbonyl (C=O) groups excluding carboxylic acids is 2. The highest BCUT2D eigenvalue weighted by atomic mass is 16.5. The lowest BCUT2D eigenvalue weighted by Gasteiger charge is -2.15. The van der Waals surface area contributed by atoms with Crippen LogP contribution in [-0.4, -0.2) is 31.5 Å². The Bertz CT molecular complexity index is 790. The average molecular weight is 367 g/mol. The quantitative estimate of drug-likeness (QED) is 0.733. The molecule has 0 spiro atoms. The second-order valence-electron chi connectivity index (χ2n) is 6.60. The molecule has 1 aliphatic heterocycles. The van der Waals surface area contributed by atoms with Crippen LogP contribution in [0.25, 0.3) is 0 Å². The van der Waals surface area contributed by atoms with Crippen molar-refractivity contribution in [3.8, 4) is 5.75 Å². The van der Waals surface area contributed by atoms with Crippen molar-refractivity contribution < 1.29 is 14.3 Å². The molecule has 27 heavy (non-hydrogen) atoms. The molecule has 1 unspecified atom stereocenters. The summed E-state index contributed by atoms with van der Waals surface area (Å²) in [7, 11) is 1.59. The van der Waals surface area contributed by atoms with Gasteiger partial charge in [-0.2, -0.15) is 0 Å². The Balaban J connectivity index is 1.59. The van der Waals surface area contributed by atoms with Gasteiger partial charge in [0.1, 0.15) is 5.75 Å². The van der Waals surface area contributed by atoms with Crippen LogP contribution in [0.4, 0.5) is 5.69 Å². The van der Waals surface area contributed by atoms with Crippen LogP contribution >= 0.6 is 0 Å². The first kappa shape index (κ1) is 18.9. The number of amides is 2. The van der Waals surface area contributed by atoms with E-state index in [9.17, 15) is 9.59 Å². The predicted octanol–water partition coefficient (Wildman–Crippen LogP) is 2.71. The molecule has 6 heteroatoms. The fraction of sp³-hybridized carbons (Fsp3) is 0.333. The van der Waals surface area contributed by atoms with Crippen molar-refractivity contribution >= 4 is 17.5 Å². The molecule has 0 aliphatic carbocycles. The Kier molecular flexibility index (Phi) is 6.44. The summed E-state index contributed by atoms with van der Waals surface area (Å²) in [5.74, 6) is 0.601. The SMILES string of the molecule is COc1ccc(C(=O)Nc2cccc(CNC3CCCCNC3=O)c2)cc1. The van der Waals surface area contributed by atoms with Crippen molar-refractivity contribution in [2.45, 2.75) is 31.8 Å². The van der Waals surface area contributed by atoms with Gasteiger partial charge in [-0.1, -0.05) is 12.1 Å². The predicted molar refractivity (Wildman–Crippen MR) is 105 cm³/mol. The first-order valence-electron chi connectivity index (χ1n) is 9.21. The smallest absolute Gasteiger partial charge is 0.255 e. The van der Waals surface area contributed by atoms with Gasteiger partial charge in [0.2, 0.25) is 5.91 Å². The molecule has 2 aromatic carbocycles. The van der Waals surface area contributed by atoms with Crippen LogP contribution < -0.4 is 20.7 Å². The molecule has 3 N–H and O–H groups in total. The highest BCUT2D eigenvalue weighted by Crippen LogP contribution is 2.15. The van der Waals surface area contributed by atoms with Gasteiger partial charge in [-0.05, 0) is 61.2 Å². The number of hydrogen-bond donors (Lipinski definition) is 3. The summed E-state index contributed by atoms with van der Waals surface area (Å²) in [5.41, 5.74) is 2.30. The van der Waals surface area contributed by atoms with Gasteiger partial charge in [0, 0.05) is 24.3 Å². The molecule has 3 rings (SSSR count). The summed E-state index contributed by atoms with van der Waals surface area (Å²) in [4.78, 5) is 24.4. The van der Waals surface area contributed by atoms with Crippen LogP contribution in [0.1, 0.15) is 35.2 Å². The van der Waals surface area contributed by atoms with Crippen LogP contribution in [0.2, 0.25) is 0 Å². The molecule has 1 saturated heterocycles. The zero-order chi connectivity index (χ0) is 19.1. The molecule has 6 nitrogen and oxygen atoms in total. The van der Waals surface area contributed by atoms with Crippen molar-refractivity contribution in [2.24, 2.45) is 0 Å². The lowest BCUT2D eigenvalue weighted by atomic mass is 10.1. The average Bonchev–Trinajstić information content (AvgIpc) is 2.90. The van der Waals surface area contributed by atoms with E-state index in [0.29, 0.717) is 17.9 Å². The largest absolute Gasteiger partial charge is 0.497 e. The van der Waals surface area contributed by atoms with E-state index in [1.165, 1.54) is 0 Å². The third kappa shape index (κ3) is 5.31. The lowest BCUT2D eigenvalue weighted by Crippen LogP contribution is -2.42. The van der Waals surface area contributed by atoms with Gasteiger partial charge < -0.3 is 20.7 Å². The van der Waals surface area contributed by atoms with Gasteiger partial charge in [-0.3, -0.25) is 9.59 Å². The molecule has 1 fully saturated rings. The van der Waals surface area contributed by atoms with E-state index in [1.54, 1.807) is 31.4 Å². The molecule has 142 valence electrons. The zero-order valence-corrected chi connectivity index (χ0v) is 15.5. The lowest BCUT2D eigenvalue weighted by molar-refractivity contribution is -0.122. The fourth-order valence-corrected chi connectivity index (χ4v) is 3.08. The maximum Gasteiger partial charge on any atom is 0.255 e. The van der Waals surface area contributed by atoms with Crippen LogP contribution in [-0.2, 0) is 11.3 Å². The van der Waals surface area contributed by atoms with Gasteiger partial charge >= 0.3 is 0 Å². The summed E-state index contributed by atoms with van der Waals surface area (Å²) in [6.07, 6.45) is 2.91. The minimum Gasteiger partial charge on any atom is -0.497 e. The molecule has 0 bridgehead atoms. The number of methoxy groups -OCH3 is 1. The third-order valence-electron chi connectivity index (χ3n) is 4.62. The number of rotatable bonds is 6. The molecular weight excluding hydrogens is 342 g/mol. The standard InChI is InChI=1S/C21H25N3O3/c1-27-18-10-8-16(9-11-18)20(25)24-17-6-4-5-15(13-17)14-23-19-7-2-3-12-22-21(19)26/h4-6,8-11,13,19,23H,2-3,7,12,14H2,1H3,(H,22,26)(H,24,25). The van der Waals surface area contributed by atoms with E-state index < -0.39 is 0 Å². The number of hydrogen-bond acceptors (Lipinski definition) is 4.